The van der Waals surface area contributed by atoms with E-state index in [-0.39, 0.29) is 53.5 Å². The highest BCUT2D eigenvalue weighted by molar-refractivity contribution is 6.30. The van der Waals surface area contributed by atoms with E-state index in [1.807, 2.05) is 41.5 Å². The monoisotopic (exact) mass is 725 g/mol. The van der Waals surface area contributed by atoms with E-state index in [1.165, 1.54) is 24.5 Å². The predicted octanol–water partition coefficient (Wildman–Crippen LogP) is 5.52. The van der Waals surface area contributed by atoms with Gasteiger partial charge in [0.2, 0.25) is 5.91 Å². The summed E-state index contributed by atoms with van der Waals surface area (Å²) in [5.74, 6) is -0.0842. The summed E-state index contributed by atoms with van der Waals surface area (Å²) in [6.45, 7) is 13.6. The molecule has 3 atom stereocenters. The van der Waals surface area contributed by atoms with Crippen molar-refractivity contribution in [1.82, 2.24) is 30.0 Å². The van der Waals surface area contributed by atoms with E-state index in [0.717, 1.165) is 0 Å². The molecule has 2 saturated heterocycles. The van der Waals surface area contributed by atoms with Crippen molar-refractivity contribution < 1.29 is 28.2 Å². The second-order valence-electron chi connectivity index (χ2n) is 14.5. The first-order chi connectivity index (χ1) is 24.0. The molecular weight excluding hydrogens is 681 g/mol. The third-order valence-corrected chi connectivity index (χ3v) is 8.99. The fourth-order valence-electron chi connectivity index (χ4n) is 6.36. The first kappa shape index (κ1) is 37.6. The minimum absolute atomic E-state index is 0.0838. The summed E-state index contributed by atoms with van der Waals surface area (Å²) in [5.41, 5.74) is -0.537. The predicted molar refractivity (Wildman–Crippen MR) is 191 cm³/mol. The molecule has 51 heavy (non-hydrogen) atoms. The molecule has 2 aromatic heterocycles. The normalized spacial score (nSPS) is 20.9. The molecule has 3 unspecified atom stereocenters. The number of nitrogens with one attached hydrogen (secondary N) is 2. The fraction of sp³-hybridized carbons (Fsp3) is 0.514. The SMILES string of the molecule is CC1CN(CCC(=O)Nc2cc(Nc3cc(-c4cc(Cl)ccc4F)nnc3N(C)CC3(C)CCOC3=O)ncn2)CC(C)N1C(=O)OC(C)(C)C. The number of amides is 2. The number of hydrogen-bond acceptors (Lipinski definition) is 12. The number of esters is 1. The summed E-state index contributed by atoms with van der Waals surface area (Å²) >= 11 is 6.16. The van der Waals surface area contributed by atoms with Crippen LogP contribution < -0.4 is 15.5 Å². The van der Waals surface area contributed by atoms with E-state index in [4.69, 9.17) is 21.1 Å². The van der Waals surface area contributed by atoms with Crippen molar-refractivity contribution in [3.05, 3.63) is 47.5 Å². The van der Waals surface area contributed by atoms with Gasteiger partial charge in [-0.05, 0) is 72.2 Å². The smallest absolute Gasteiger partial charge is 0.410 e. The van der Waals surface area contributed by atoms with Crippen molar-refractivity contribution in [2.75, 3.05) is 55.4 Å². The van der Waals surface area contributed by atoms with Gasteiger partial charge in [0.15, 0.2) is 5.82 Å². The zero-order chi connectivity index (χ0) is 37.1. The van der Waals surface area contributed by atoms with Crippen LogP contribution in [0.15, 0.2) is 36.7 Å². The maximum atomic E-state index is 14.8. The number of nitrogens with zero attached hydrogens (tertiary/aromatic N) is 7. The Morgan fingerprint density at radius 3 is 2.49 bits per heavy atom. The number of piperazine rings is 1. The quantitative estimate of drug-likeness (QED) is 0.253. The minimum atomic E-state index is -0.750. The van der Waals surface area contributed by atoms with Gasteiger partial charge in [-0.15, -0.1) is 10.2 Å². The zero-order valence-corrected chi connectivity index (χ0v) is 30.8. The molecule has 2 N–H and O–H groups in total. The van der Waals surface area contributed by atoms with Crippen LogP contribution in [-0.2, 0) is 19.1 Å². The van der Waals surface area contributed by atoms with E-state index in [0.29, 0.717) is 61.6 Å². The Hall–Kier alpha value is -4.63. The van der Waals surface area contributed by atoms with Gasteiger partial charge in [-0.2, -0.15) is 0 Å². The summed E-state index contributed by atoms with van der Waals surface area (Å²) in [5, 5.41) is 15.1. The Labute approximate surface area is 302 Å². The first-order valence-electron chi connectivity index (χ1n) is 16.9. The van der Waals surface area contributed by atoms with Crippen LogP contribution >= 0.6 is 11.6 Å². The maximum Gasteiger partial charge on any atom is 0.410 e. The molecule has 16 heteroatoms. The van der Waals surface area contributed by atoms with Gasteiger partial charge in [-0.25, -0.2) is 19.2 Å². The second-order valence-corrected chi connectivity index (χ2v) is 14.9. The lowest BCUT2D eigenvalue weighted by Gasteiger charge is -2.44. The highest BCUT2D eigenvalue weighted by Crippen LogP contribution is 2.35. The number of hydrogen-bond donors (Lipinski definition) is 2. The van der Waals surface area contributed by atoms with E-state index in [2.05, 4.69) is 35.7 Å². The zero-order valence-electron chi connectivity index (χ0n) is 30.0. The van der Waals surface area contributed by atoms with E-state index < -0.39 is 16.8 Å². The van der Waals surface area contributed by atoms with Crippen LogP contribution in [0.2, 0.25) is 5.02 Å². The molecule has 1 aromatic carbocycles. The molecule has 0 bridgehead atoms. The van der Waals surface area contributed by atoms with Gasteiger partial charge in [-0.1, -0.05) is 11.6 Å². The Bertz CT molecular complexity index is 1760. The molecule has 0 spiro atoms. The third-order valence-electron chi connectivity index (χ3n) is 8.76. The molecule has 0 saturated carbocycles. The van der Waals surface area contributed by atoms with E-state index in [1.54, 1.807) is 29.0 Å². The van der Waals surface area contributed by atoms with Gasteiger partial charge in [0, 0.05) is 68.4 Å². The number of cyclic esters (lactones) is 1. The molecule has 5 rings (SSSR count). The number of halogens is 2. The first-order valence-corrected chi connectivity index (χ1v) is 17.2. The molecule has 2 aliphatic rings. The Morgan fingerprint density at radius 2 is 1.82 bits per heavy atom. The molecular formula is C35H45ClFN9O5. The number of carbonyl (C=O) groups excluding carboxylic acids is 3. The molecule has 14 nitrogen and oxygen atoms in total. The lowest BCUT2D eigenvalue weighted by Crippen LogP contribution is -2.59. The average Bonchev–Trinajstić information content (AvgIpc) is 3.36. The number of ether oxygens (including phenoxy) is 2. The van der Waals surface area contributed by atoms with Crippen LogP contribution in [0.4, 0.5) is 32.3 Å². The number of anilines is 4. The van der Waals surface area contributed by atoms with Crippen molar-refractivity contribution in [2.24, 2.45) is 5.41 Å². The van der Waals surface area contributed by atoms with E-state index >= 15 is 0 Å². The highest BCUT2D eigenvalue weighted by atomic mass is 35.5. The van der Waals surface area contributed by atoms with Crippen molar-refractivity contribution in [1.29, 1.82) is 0 Å². The highest BCUT2D eigenvalue weighted by Gasteiger charge is 2.41. The van der Waals surface area contributed by atoms with Crippen LogP contribution in [0.3, 0.4) is 0 Å². The van der Waals surface area contributed by atoms with Crippen molar-refractivity contribution in [2.45, 2.75) is 72.1 Å². The van der Waals surface area contributed by atoms with Gasteiger partial charge in [-0.3, -0.25) is 14.5 Å². The Kier molecular flexibility index (Phi) is 11.3. The average molecular weight is 726 g/mol. The fourth-order valence-corrected chi connectivity index (χ4v) is 6.53. The van der Waals surface area contributed by atoms with Gasteiger partial charge in [0.25, 0.3) is 0 Å². The molecule has 2 aliphatic heterocycles. The molecule has 2 fully saturated rings. The van der Waals surface area contributed by atoms with Gasteiger partial charge >= 0.3 is 12.1 Å². The molecule has 4 heterocycles. The number of aromatic nitrogens is 4. The van der Waals surface area contributed by atoms with Crippen molar-refractivity contribution >= 4 is 52.7 Å². The van der Waals surface area contributed by atoms with Crippen LogP contribution in [0, 0.1) is 11.2 Å². The number of benzene rings is 1. The summed E-state index contributed by atoms with van der Waals surface area (Å²) < 4.78 is 25.7. The van der Waals surface area contributed by atoms with E-state index in [9.17, 15) is 18.8 Å². The molecule has 3 aromatic rings. The van der Waals surface area contributed by atoms with Crippen molar-refractivity contribution in [3.63, 3.8) is 0 Å². The molecule has 2 amide bonds. The Morgan fingerprint density at radius 1 is 1.12 bits per heavy atom. The molecule has 0 aliphatic carbocycles. The largest absolute Gasteiger partial charge is 0.465 e. The molecule has 0 radical (unpaired) electrons. The van der Waals surface area contributed by atoms with Crippen LogP contribution in [0.5, 0.6) is 0 Å². The van der Waals surface area contributed by atoms with Crippen LogP contribution in [0.1, 0.15) is 54.4 Å². The summed E-state index contributed by atoms with van der Waals surface area (Å²) in [6, 6.07) is 7.18. The third kappa shape index (κ3) is 9.38. The maximum absolute atomic E-state index is 14.8. The standard InChI is InChI=1S/C35H45ClFN9O5/c1-21-17-45(18-22(2)46(21)33(49)51-34(3,4)5)12-10-30(47)41-29-16-28(38-20-39-29)40-27-15-26(24-14-23(36)8-9-25(24)37)42-43-31(27)44(7)19-35(6)11-13-50-32(35)48/h8-9,14-16,20-22H,10-13,17-19H2,1-7H3,(H2,38,39,40,41,42,47). The Balaban J connectivity index is 1.27. The van der Waals surface area contributed by atoms with Gasteiger partial charge < -0.3 is 29.9 Å². The van der Waals surface area contributed by atoms with Crippen LogP contribution in [0.25, 0.3) is 11.3 Å². The lowest BCUT2D eigenvalue weighted by atomic mass is 9.88. The summed E-state index contributed by atoms with van der Waals surface area (Å²) in [6.07, 6.45) is 1.72. The minimum Gasteiger partial charge on any atom is -0.465 e. The molecule has 274 valence electrons. The second kappa shape index (κ2) is 15.3. The number of carbonyl (C=O) groups is 3. The lowest BCUT2D eigenvalue weighted by molar-refractivity contribution is -0.145. The van der Waals surface area contributed by atoms with Crippen LogP contribution in [-0.4, -0.2) is 105 Å². The van der Waals surface area contributed by atoms with Crippen molar-refractivity contribution in [3.8, 4) is 11.3 Å². The topological polar surface area (TPSA) is 155 Å². The summed E-state index contributed by atoms with van der Waals surface area (Å²) in [7, 11) is 1.77. The summed E-state index contributed by atoms with van der Waals surface area (Å²) in [4.78, 5) is 52.5. The van der Waals surface area contributed by atoms with Gasteiger partial charge in [0.1, 0.15) is 29.4 Å². The van der Waals surface area contributed by atoms with Gasteiger partial charge in [0.05, 0.1) is 23.4 Å². The number of rotatable bonds is 10.